The van der Waals surface area contributed by atoms with Crippen LogP contribution in [0.3, 0.4) is 0 Å². The first-order chi connectivity index (χ1) is 9.85. The molecule has 0 saturated carbocycles. The van der Waals surface area contributed by atoms with Crippen molar-refractivity contribution in [1.82, 2.24) is 9.80 Å². The summed E-state index contributed by atoms with van der Waals surface area (Å²) in [5.41, 5.74) is 0. The molecule has 0 spiro atoms. The van der Waals surface area contributed by atoms with E-state index in [2.05, 4.69) is 0 Å². The largest absolute Gasteiger partial charge is 0.480 e. The Bertz CT molecular complexity index is 511. The molecule has 4 atom stereocenters. The lowest BCUT2D eigenvalue weighted by Crippen LogP contribution is -2.54. The van der Waals surface area contributed by atoms with Crippen LogP contribution in [-0.4, -0.2) is 61.9 Å². The fourth-order valence-corrected chi connectivity index (χ4v) is 5.19. The summed E-state index contributed by atoms with van der Waals surface area (Å²) >= 11 is 1.63. The van der Waals surface area contributed by atoms with Gasteiger partial charge in [0.05, 0.1) is 4.87 Å². The van der Waals surface area contributed by atoms with E-state index in [1.807, 2.05) is 13.8 Å². The number of carboxylic acid groups (broad SMARTS) is 1. The fourth-order valence-electron chi connectivity index (χ4n) is 3.77. The van der Waals surface area contributed by atoms with Crippen LogP contribution in [0.5, 0.6) is 0 Å². The van der Waals surface area contributed by atoms with Crippen LogP contribution in [0.1, 0.15) is 33.1 Å². The Labute approximate surface area is 127 Å². The highest BCUT2D eigenvalue weighted by atomic mass is 32.2. The molecule has 3 heterocycles. The summed E-state index contributed by atoms with van der Waals surface area (Å²) < 4.78 is 0. The third-order valence-electron chi connectivity index (χ3n) is 4.97. The van der Waals surface area contributed by atoms with Crippen LogP contribution in [-0.2, 0) is 14.4 Å². The molecule has 2 amide bonds. The number of hydrogen-bond donors (Lipinski definition) is 1. The summed E-state index contributed by atoms with van der Waals surface area (Å²) in [6, 6.07) is -1.26. The van der Waals surface area contributed by atoms with Crippen LogP contribution in [0.15, 0.2) is 0 Å². The molecular weight excluding hydrogens is 292 g/mol. The molecule has 6 nitrogen and oxygen atoms in total. The molecule has 0 aromatic carbocycles. The van der Waals surface area contributed by atoms with E-state index in [4.69, 9.17) is 0 Å². The maximum absolute atomic E-state index is 12.8. The minimum atomic E-state index is -0.950. The topological polar surface area (TPSA) is 77.9 Å². The molecule has 0 aromatic rings. The highest BCUT2D eigenvalue weighted by Gasteiger charge is 2.55. The summed E-state index contributed by atoms with van der Waals surface area (Å²) in [4.78, 5) is 39.2. The minimum Gasteiger partial charge on any atom is -0.480 e. The van der Waals surface area contributed by atoms with Crippen LogP contribution in [0, 0.1) is 5.92 Å². The van der Waals surface area contributed by atoms with Crippen molar-refractivity contribution in [3.8, 4) is 0 Å². The Morgan fingerprint density at radius 1 is 1.43 bits per heavy atom. The molecule has 3 saturated heterocycles. The lowest BCUT2D eigenvalue weighted by Gasteiger charge is -2.33. The quantitative estimate of drug-likeness (QED) is 0.814. The zero-order chi connectivity index (χ0) is 15.4. The highest BCUT2D eigenvalue weighted by Crippen LogP contribution is 2.47. The normalized spacial score (nSPS) is 39.0. The first-order valence-electron chi connectivity index (χ1n) is 7.34. The number of aliphatic carboxylic acids is 1. The second-order valence-electron chi connectivity index (χ2n) is 6.35. The van der Waals surface area contributed by atoms with Gasteiger partial charge in [-0.3, -0.25) is 9.59 Å². The first-order valence-corrected chi connectivity index (χ1v) is 8.33. The third kappa shape index (κ3) is 2.13. The van der Waals surface area contributed by atoms with Crippen LogP contribution in [0.2, 0.25) is 0 Å². The van der Waals surface area contributed by atoms with E-state index in [9.17, 15) is 19.5 Å². The molecule has 116 valence electrons. The number of carbonyl (C=O) groups is 3. The van der Waals surface area contributed by atoms with Gasteiger partial charge in [0.2, 0.25) is 11.8 Å². The lowest BCUT2D eigenvalue weighted by atomic mass is 10.0. The Morgan fingerprint density at radius 3 is 2.81 bits per heavy atom. The third-order valence-corrected chi connectivity index (χ3v) is 6.47. The monoisotopic (exact) mass is 312 g/mol. The van der Waals surface area contributed by atoms with E-state index < -0.39 is 18.1 Å². The van der Waals surface area contributed by atoms with Gasteiger partial charge in [0.15, 0.2) is 0 Å². The maximum atomic E-state index is 12.8. The molecule has 0 radical (unpaired) electrons. The molecule has 21 heavy (non-hydrogen) atoms. The summed E-state index contributed by atoms with van der Waals surface area (Å²) in [7, 11) is 0. The Morgan fingerprint density at radius 2 is 2.14 bits per heavy atom. The maximum Gasteiger partial charge on any atom is 0.326 e. The van der Waals surface area contributed by atoms with Gasteiger partial charge in [0.25, 0.3) is 0 Å². The second kappa shape index (κ2) is 4.90. The molecule has 0 bridgehead atoms. The van der Waals surface area contributed by atoms with Crippen LogP contribution < -0.4 is 0 Å². The molecule has 7 heteroatoms. The van der Waals surface area contributed by atoms with Crippen molar-refractivity contribution >= 4 is 29.5 Å². The standard InChI is InChI=1S/C14H20N2O4S/c1-8-4-6-15(11(8)13(19)20)12(18)9-7-21-14(2)5-3-10(17)16(9)14/h8-9,11H,3-7H2,1-2H3,(H,19,20). The number of thioether (sulfide) groups is 1. The molecule has 3 aliphatic heterocycles. The fraction of sp³-hybridized carbons (Fsp3) is 0.786. The number of fused-ring (bicyclic) bond motifs is 1. The van der Waals surface area contributed by atoms with Gasteiger partial charge >= 0.3 is 5.97 Å². The van der Waals surface area contributed by atoms with Crippen molar-refractivity contribution < 1.29 is 19.5 Å². The Kier molecular flexibility index (Phi) is 3.43. The summed E-state index contributed by atoms with van der Waals surface area (Å²) in [6.07, 6.45) is 1.94. The molecule has 3 aliphatic rings. The van der Waals surface area contributed by atoms with E-state index >= 15 is 0 Å². The summed E-state index contributed by atoms with van der Waals surface area (Å²) in [5.74, 6) is -0.605. The molecular formula is C14H20N2O4S. The van der Waals surface area contributed by atoms with E-state index in [1.54, 1.807) is 16.7 Å². The number of nitrogens with zero attached hydrogens (tertiary/aromatic N) is 2. The predicted molar refractivity (Wildman–Crippen MR) is 77.6 cm³/mol. The van der Waals surface area contributed by atoms with Crippen LogP contribution in [0.25, 0.3) is 0 Å². The second-order valence-corrected chi connectivity index (χ2v) is 7.85. The first kappa shape index (κ1) is 14.7. The average Bonchev–Trinajstić information content (AvgIpc) is 3.04. The summed E-state index contributed by atoms with van der Waals surface area (Å²) in [6.45, 7) is 4.33. The Hall–Kier alpha value is -1.24. The van der Waals surface area contributed by atoms with E-state index in [-0.39, 0.29) is 22.6 Å². The smallest absolute Gasteiger partial charge is 0.326 e. The average molecular weight is 312 g/mol. The number of likely N-dealkylation sites (tertiary alicyclic amines) is 1. The van der Waals surface area contributed by atoms with Gasteiger partial charge in [-0.25, -0.2) is 4.79 Å². The molecule has 1 N–H and O–H groups in total. The molecule has 4 unspecified atom stereocenters. The zero-order valence-electron chi connectivity index (χ0n) is 12.2. The van der Waals surface area contributed by atoms with Crippen molar-refractivity contribution in [1.29, 1.82) is 0 Å². The number of amides is 2. The molecule has 0 aromatic heterocycles. The zero-order valence-corrected chi connectivity index (χ0v) is 13.1. The molecule has 0 aliphatic carbocycles. The number of carboxylic acids is 1. The van der Waals surface area contributed by atoms with Gasteiger partial charge in [-0.1, -0.05) is 6.92 Å². The van der Waals surface area contributed by atoms with Gasteiger partial charge in [0.1, 0.15) is 12.1 Å². The number of rotatable bonds is 2. The van der Waals surface area contributed by atoms with Crippen molar-refractivity contribution in [2.45, 2.75) is 50.1 Å². The SMILES string of the molecule is CC1CCN(C(=O)C2CSC3(C)CCC(=O)N23)C1C(=O)O. The number of hydrogen-bond acceptors (Lipinski definition) is 4. The molecule has 3 fully saturated rings. The van der Waals surface area contributed by atoms with Gasteiger partial charge < -0.3 is 14.9 Å². The van der Waals surface area contributed by atoms with Crippen LogP contribution in [0.4, 0.5) is 0 Å². The van der Waals surface area contributed by atoms with Gasteiger partial charge in [0, 0.05) is 18.7 Å². The van der Waals surface area contributed by atoms with Gasteiger partial charge in [-0.2, -0.15) is 0 Å². The summed E-state index contributed by atoms with van der Waals surface area (Å²) in [5, 5.41) is 9.36. The number of carbonyl (C=O) groups excluding carboxylic acids is 2. The minimum absolute atomic E-state index is 0.0139. The van der Waals surface area contributed by atoms with Gasteiger partial charge in [-0.05, 0) is 25.7 Å². The lowest BCUT2D eigenvalue weighted by molar-refractivity contribution is -0.152. The Balaban J connectivity index is 1.83. The van der Waals surface area contributed by atoms with E-state index in [0.717, 1.165) is 6.42 Å². The van der Waals surface area contributed by atoms with Crippen LogP contribution >= 0.6 is 11.8 Å². The van der Waals surface area contributed by atoms with Gasteiger partial charge in [-0.15, -0.1) is 11.8 Å². The molecule has 3 rings (SSSR count). The predicted octanol–water partition coefficient (Wildman–Crippen LogP) is 0.762. The van der Waals surface area contributed by atoms with E-state index in [0.29, 0.717) is 25.1 Å². The highest BCUT2D eigenvalue weighted by molar-refractivity contribution is 8.01. The van der Waals surface area contributed by atoms with Crippen molar-refractivity contribution in [3.05, 3.63) is 0 Å². The van der Waals surface area contributed by atoms with E-state index in [1.165, 1.54) is 4.90 Å². The van der Waals surface area contributed by atoms with Crippen molar-refractivity contribution in [3.63, 3.8) is 0 Å². The van der Waals surface area contributed by atoms with Crippen molar-refractivity contribution in [2.24, 2.45) is 5.92 Å². The van der Waals surface area contributed by atoms with Crippen molar-refractivity contribution in [2.75, 3.05) is 12.3 Å².